The molecule has 3 rings (SSSR count). The first-order valence-corrected chi connectivity index (χ1v) is 8.76. The third-order valence-electron chi connectivity index (χ3n) is 4.40. The summed E-state index contributed by atoms with van der Waals surface area (Å²) in [5, 5.41) is 14.3. The Bertz CT molecular complexity index is 733. The zero-order valence-electron chi connectivity index (χ0n) is 14.8. The van der Waals surface area contributed by atoms with Crippen molar-refractivity contribution in [3.05, 3.63) is 52.3 Å². The van der Waals surface area contributed by atoms with Crippen molar-refractivity contribution in [2.75, 3.05) is 32.0 Å². The molecule has 1 fully saturated rings. The smallest absolute Gasteiger partial charge is 0.311 e. The number of nitro groups is 1. The van der Waals surface area contributed by atoms with Gasteiger partial charge in [-0.05, 0) is 32.0 Å². The molecule has 0 unspecified atom stereocenters. The van der Waals surface area contributed by atoms with Gasteiger partial charge in [-0.25, -0.2) is 0 Å². The molecule has 3 heterocycles. The van der Waals surface area contributed by atoms with Crippen LogP contribution >= 0.6 is 0 Å². The molecule has 138 valence electrons. The van der Waals surface area contributed by atoms with Gasteiger partial charge < -0.3 is 15.0 Å². The number of piperidine rings is 1. The minimum atomic E-state index is -0.435. The van der Waals surface area contributed by atoms with Crippen molar-refractivity contribution in [2.45, 2.75) is 25.4 Å². The van der Waals surface area contributed by atoms with E-state index in [2.05, 4.69) is 27.2 Å². The van der Waals surface area contributed by atoms with E-state index < -0.39 is 4.92 Å². The number of hydrogen-bond acceptors (Lipinski definition) is 7. The van der Waals surface area contributed by atoms with E-state index >= 15 is 0 Å². The fraction of sp³-hybridized carbons (Fsp3) is 0.444. The summed E-state index contributed by atoms with van der Waals surface area (Å²) in [4.78, 5) is 21.7. The molecule has 0 atom stereocenters. The predicted octanol–water partition coefficient (Wildman–Crippen LogP) is 2.51. The van der Waals surface area contributed by atoms with E-state index in [1.807, 2.05) is 18.2 Å². The van der Waals surface area contributed by atoms with Crippen molar-refractivity contribution in [1.29, 1.82) is 0 Å². The van der Waals surface area contributed by atoms with Crippen LogP contribution in [0.4, 0.5) is 11.5 Å². The van der Waals surface area contributed by atoms with Crippen LogP contribution in [0.15, 0.2) is 36.5 Å². The Balaban J connectivity index is 1.65. The molecule has 0 aliphatic carbocycles. The third-order valence-corrected chi connectivity index (χ3v) is 4.40. The number of nitrogens with one attached hydrogen (secondary N) is 1. The van der Waals surface area contributed by atoms with E-state index in [0.29, 0.717) is 18.8 Å². The fourth-order valence-corrected chi connectivity index (χ4v) is 2.91. The maximum Gasteiger partial charge on any atom is 0.311 e. The van der Waals surface area contributed by atoms with Crippen LogP contribution in [0.25, 0.3) is 0 Å². The highest BCUT2D eigenvalue weighted by Crippen LogP contribution is 2.26. The van der Waals surface area contributed by atoms with E-state index in [4.69, 9.17) is 4.74 Å². The minimum Gasteiger partial charge on any atom is -0.474 e. The summed E-state index contributed by atoms with van der Waals surface area (Å²) in [6, 6.07) is 8.70. The molecule has 0 saturated carbocycles. The highest BCUT2D eigenvalue weighted by atomic mass is 16.6. The average molecular weight is 357 g/mol. The second-order valence-corrected chi connectivity index (χ2v) is 6.39. The van der Waals surface area contributed by atoms with Crippen LogP contribution in [0, 0.1) is 10.1 Å². The first kappa shape index (κ1) is 18.1. The van der Waals surface area contributed by atoms with Gasteiger partial charge >= 0.3 is 5.69 Å². The van der Waals surface area contributed by atoms with Gasteiger partial charge in [-0.15, -0.1) is 0 Å². The van der Waals surface area contributed by atoms with Gasteiger partial charge in [-0.1, -0.05) is 6.07 Å². The molecule has 26 heavy (non-hydrogen) atoms. The molecule has 8 nitrogen and oxygen atoms in total. The van der Waals surface area contributed by atoms with E-state index in [-0.39, 0.29) is 17.6 Å². The zero-order chi connectivity index (χ0) is 18.4. The topological polar surface area (TPSA) is 93.4 Å². The molecule has 0 radical (unpaired) electrons. The molecule has 0 aromatic carbocycles. The van der Waals surface area contributed by atoms with E-state index in [0.717, 1.165) is 31.6 Å². The van der Waals surface area contributed by atoms with Crippen LogP contribution in [0.1, 0.15) is 18.5 Å². The second-order valence-electron chi connectivity index (χ2n) is 6.39. The summed E-state index contributed by atoms with van der Waals surface area (Å²) in [6.07, 6.45) is 4.34. The molecule has 2 aromatic rings. The molecular formula is C18H23N5O3. The Hall–Kier alpha value is -2.74. The van der Waals surface area contributed by atoms with Crippen molar-refractivity contribution in [3.8, 4) is 5.88 Å². The summed E-state index contributed by atoms with van der Waals surface area (Å²) in [7, 11) is 2.09. The maximum absolute atomic E-state index is 11.3. The highest BCUT2D eigenvalue weighted by Gasteiger charge is 2.21. The van der Waals surface area contributed by atoms with Gasteiger partial charge in [0.25, 0.3) is 0 Å². The molecule has 1 saturated heterocycles. The Labute approximate surface area is 152 Å². The average Bonchev–Trinajstić information content (AvgIpc) is 2.64. The van der Waals surface area contributed by atoms with E-state index in [1.54, 1.807) is 12.3 Å². The number of nitrogens with zero attached hydrogens (tertiary/aromatic N) is 4. The van der Waals surface area contributed by atoms with Crippen LogP contribution in [-0.2, 0) is 6.42 Å². The van der Waals surface area contributed by atoms with Crippen molar-refractivity contribution in [3.63, 3.8) is 0 Å². The standard InChI is InChI=1S/C18H23N5O3/c1-22-12-8-15(9-13-22)26-17-6-5-16(23(24)25)18(21-17)20-11-7-14-4-2-3-10-19-14/h2-6,10,15H,7-9,11-13H2,1H3,(H,20,21). The number of aromatic nitrogens is 2. The molecule has 1 N–H and O–H groups in total. The van der Waals surface area contributed by atoms with Crippen molar-refractivity contribution >= 4 is 11.5 Å². The van der Waals surface area contributed by atoms with Crippen molar-refractivity contribution in [1.82, 2.24) is 14.9 Å². The van der Waals surface area contributed by atoms with Crippen LogP contribution in [0.2, 0.25) is 0 Å². The van der Waals surface area contributed by atoms with Gasteiger partial charge in [0.1, 0.15) is 6.10 Å². The lowest BCUT2D eigenvalue weighted by Crippen LogP contribution is -2.35. The van der Waals surface area contributed by atoms with Gasteiger partial charge in [-0.2, -0.15) is 4.98 Å². The molecule has 8 heteroatoms. The van der Waals surface area contributed by atoms with Gasteiger partial charge in [0.2, 0.25) is 11.7 Å². The maximum atomic E-state index is 11.3. The molecule has 2 aromatic heterocycles. The van der Waals surface area contributed by atoms with Crippen LogP contribution in [0.3, 0.4) is 0 Å². The largest absolute Gasteiger partial charge is 0.474 e. The third kappa shape index (κ3) is 4.89. The number of likely N-dealkylation sites (tertiary alicyclic amines) is 1. The van der Waals surface area contributed by atoms with Crippen molar-refractivity contribution in [2.24, 2.45) is 0 Å². The predicted molar refractivity (Wildman–Crippen MR) is 98.5 cm³/mol. The normalized spacial score (nSPS) is 15.6. The lowest BCUT2D eigenvalue weighted by molar-refractivity contribution is -0.384. The number of hydrogen-bond donors (Lipinski definition) is 1. The molecule has 1 aliphatic rings. The minimum absolute atomic E-state index is 0.0539. The molecular weight excluding hydrogens is 334 g/mol. The Kier molecular flexibility index (Phi) is 5.96. The number of pyridine rings is 2. The molecule has 0 spiro atoms. The summed E-state index contributed by atoms with van der Waals surface area (Å²) >= 11 is 0. The number of anilines is 1. The highest BCUT2D eigenvalue weighted by molar-refractivity contribution is 5.57. The second kappa shape index (κ2) is 8.57. The van der Waals surface area contributed by atoms with Gasteiger partial charge in [0.15, 0.2) is 0 Å². The molecule has 0 amide bonds. The first-order valence-electron chi connectivity index (χ1n) is 8.76. The number of ether oxygens (including phenoxy) is 1. The quantitative estimate of drug-likeness (QED) is 0.601. The van der Waals surface area contributed by atoms with Crippen LogP contribution in [0.5, 0.6) is 5.88 Å². The lowest BCUT2D eigenvalue weighted by atomic mass is 10.1. The SMILES string of the molecule is CN1CCC(Oc2ccc([N+](=O)[O-])c(NCCc3ccccn3)n2)CC1. The lowest BCUT2D eigenvalue weighted by Gasteiger charge is -2.28. The van der Waals surface area contributed by atoms with Gasteiger partial charge in [-0.3, -0.25) is 15.1 Å². The molecule has 1 aliphatic heterocycles. The fourth-order valence-electron chi connectivity index (χ4n) is 2.91. The van der Waals surface area contributed by atoms with E-state index in [9.17, 15) is 10.1 Å². The van der Waals surface area contributed by atoms with E-state index in [1.165, 1.54) is 6.07 Å². The van der Waals surface area contributed by atoms with Crippen LogP contribution in [-0.4, -0.2) is 52.6 Å². The van der Waals surface area contributed by atoms with Crippen LogP contribution < -0.4 is 10.1 Å². The first-order chi connectivity index (χ1) is 12.6. The van der Waals surface area contributed by atoms with Gasteiger partial charge in [0, 0.05) is 50.1 Å². The molecule has 0 bridgehead atoms. The number of rotatable bonds is 7. The summed E-state index contributed by atoms with van der Waals surface area (Å²) in [6.45, 7) is 2.46. The Morgan fingerprint density at radius 1 is 1.31 bits per heavy atom. The monoisotopic (exact) mass is 357 g/mol. The summed E-state index contributed by atoms with van der Waals surface area (Å²) in [5.74, 6) is 0.654. The van der Waals surface area contributed by atoms with Crippen molar-refractivity contribution < 1.29 is 9.66 Å². The zero-order valence-corrected chi connectivity index (χ0v) is 14.8. The van der Waals surface area contributed by atoms with Gasteiger partial charge in [0.05, 0.1) is 4.92 Å². The summed E-state index contributed by atoms with van der Waals surface area (Å²) in [5.41, 5.74) is 0.864. The summed E-state index contributed by atoms with van der Waals surface area (Å²) < 4.78 is 5.93. The Morgan fingerprint density at radius 3 is 2.81 bits per heavy atom. The Morgan fingerprint density at radius 2 is 2.12 bits per heavy atom.